The minimum atomic E-state index is -3.66. The molecule has 0 aliphatic rings. The summed E-state index contributed by atoms with van der Waals surface area (Å²) < 4.78 is 32.0. The number of carbonyl (C=O) groups is 1. The zero-order valence-electron chi connectivity index (χ0n) is 15.4. The summed E-state index contributed by atoms with van der Waals surface area (Å²) in [5, 5.41) is 2.77. The Labute approximate surface area is 154 Å². The quantitative estimate of drug-likeness (QED) is 0.804. The van der Waals surface area contributed by atoms with E-state index in [-0.39, 0.29) is 16.5 Å². The third-order valence-electron chi connectivity index (χ3n) is 3.94. The van der Waals surface area contributed by atoms with Crippen molar-refractivity contribution in [1.82, 2.24) is 4.31 Å². The third-order valence-corrected chi connectivity index (χ3v) is 5.97. The van der Waals surface area contributed by atoms with Gasteiger partial charge >= 0.3 is 0 Å². The van der Waals surface area contributed by atoms with Gasteiger partial charge < -0.3 is 10.1 Å². The Bertz CT molecular complexity index is 879. The van der Waals surface area contributed by atoms with Crippen molar-refractivity contribution in [3.05, 3.63) is 54.1 Å². The predicted molar refractivity (Wildman–Crippen MR) is 102 cm³/mol. The van der Waals surface area contributed by atoms with Crippen LogP contribution in [-0.4, -0.2) is 38.3 Å². The van der Waals surface area contributed by atoms with Crippen LogP contribution in [0.5, 0.6) is 5.75 Å². The Morgan fingerprint density at radius 1 is 1.15 bits per heavy atom. The fourth-order valence-electron chi connectivity index (χ4n) is 2.29. The van der Waals surface area contributed by atoms with Gasteiger partial charge in [0.15, 0.2) is 0 Å². The van der Waals surface area contributed by atoms with Crippen molar-refractivity contribution in [2.45, 2.75) is 31.7 Å². The summed E-state index contributed by atoms with van der Waals surface area (Å²) in [5.41, 5.74) is 0.793. The molecule has 140 valence electrons. The van der Waals surface area contributed by atoms with E-state index < -0.39 is 15.9 Å². The number of anilines is 1. The minimum Gasteiger partial charge on any atom is -0.492 e. The largest absolute Gasteiger partial charge is 0.492 e. The van der Waals surface area contributed by atoms with Gasteiger partial charge in [0.2, 0.25) is 10.0 Å². The zero-order valence-corrected chi connectivity index (χ0v) is 16.2. The van der Waals surface area contributed by atoms with Gasteiger partial charge in [0.1, 0.15) is 5.75 Å². The first-order valence-corrected chi connectivity index (χ1v) is 9.82. The van der Waals surface area contributed by atoms with Crippen LogP contribution in [0, 0.1) is 0 Å². The molecule has 2 aromatic carbocycles. The van der Waals surface area contributed by atoms with Crippen molar-refractivity contribution in [3.8, 4) is 5.75 Å². The van der Waals surface area contributed by atoms with Crippen LogP contribution >= 0.6 is 0 Å². The molecule has 0 aromatic heterocycles. The van der Waals surface area contributed by atoms with Gasteiger partial charge in [0.05, 0.1) is 17.2 Å². The molecule has 6 nitrogen and oxygen atoms in total. The van der Waals surface area contributed by atoms with E-state index in [1.807, 2.05) is 13.0 Å². The van der Waals surface area contributed by atoms with E-state index in [4.69, 9.17) is 4.74 Å². The van der Waals surface area contributed by atoms with Crippen LogP contribution in [-0.2, 0) is 10.0 Å². The number of hydrogen-bond donors (Lipinski definition) is 1. The van der Waals surface area contributed by atoms with Gasteiger partial charge in [-0.3, -0.25) is 4.79 Å². The van der Waals surface area contributed by atoms with Gasteiger partial charge in [-0.25, -0.2) is 8.42 Å². The number of rotatable bonds is 7. The lowest BCUT2D eigenvalue weighted by molar-refractivity contribution is 0.102. The number of sulfonamides is 1. The average Bonchev–Trinajstić information content (AvgIpc) is 2.62. The topological polar surface area (TPSA) is 75.7 Å². The first-order chi connectivity index (χ1) is 12.3. The molecular formula is C19H24N2O4S. The van der Waals surface area contributed by atoms with E-state index in [2.05, 4.69) is 5.32 Å². The molecule has 0 saturated heterocycles. The Kier molecular flexibility index (Phi) is 6.39. The monoisotopic (exact) mass is 376 g/mol. The first kappa shape index (κ1) is 19.9. The number of ether oxygens (including phenoxy) is 1. The zero-order chi connectivity index (χ0) is 19.3. The highest BCUT2D eigenvalue weighted by Gasteiger charge is 2.24. The van der Waals surface area contributed by atoms with E-state index in [0.29, 0.717) is 18.0 Å². The van der Waals surface area contributed by atoms with Crippen molar-refractivity contribution >= 4 is 21.6 Å². The number of nitrogens with one attached hydrogen (secondary N) is 1. The van der Waals surface area contributed by atoms with Crippen LogP contribution in [0.1, 0.15) is 31.1 Å². The highest BCUT2D eigenvalue weighted by Crippen LogP contribution is 2.25. The fraction of sp³-hybridized carbons (Fsp3) is 0.316. The van der Waals surface area contributed by atoms with Gasteiger partial charge in [-0.05, 0) is 51.1 Å². The molecule has 0 heterocycles. The summed E-state index contributed by atoms with van der Waals surface area (Å²) in [5.74, 6) is 0.160. The molecule has 0 bridgehead atoms. The van der Waals surface area contributed by atoms with Crippen LogP contribution in [0.3, 0.4) is 0 Å². The molecule has 26 heavy (non-hydrogen) atoms. The normalized spacial score (nSPS) is 11.6. The number of hydrogen-bond acceptors (Lipinski definition) is 4. The van der Waals surface area contributed by atoms with Gasteiger partial charge in [-0.2, -0.15) is 4.31 Å². The van der Waals surface area contributed by atoms with Crippen molar-refractivity contribution in [2.24, 2.45) is 0 Å². The summed E-state index contributed by atoms with van der Waals surface area (Å²) >= 11 is 0. The van der Waals surface area contributed by atoms with Gasteiger partial charge in [-0.15, -0.1) is 0 Å². The molecule has 0 radical (unpaired) electrons. The lowest BCUT2D eigenvalue weighted by Gasteiger charge is -2.21. The summed E-state index contributed by atoms with van der Waals surface area (Å²) in [7, 11) is -2.14. The molecule has 7 heteroatoms. The average molecular weight is 376 g/mol. The summed E-state index contributed by atoms with van der Waals surface area (Å²) in [4.78, 5) is 12.7. The maximum atomic E-state index is 12.6. The lowest BCUT2D eigenvalue weighted by Crippen LogP contribution is -2.33. The lowest BCUT2D eigenvalue weighted by atomic mass is 10.2. The summed E-state index contributed by atoms with van der Waals surface area (Å²) in [6.45, 7) is 5.91. The highest BCUT2D eigenvalue weighted by atomic mass is 32.2. The van der Waals surface area contributed by atoms with Crippen LogP contribution in [0.25, 0.3) is 0 Å². The second-order valence-corrected chi connectivity index (χ2v) is 8.02. The smallest absolute Gasteiger partial charge is 0.255 e. The van der Waals surface area contributed by atoms with E-state index >= 15 is 0 Å². The number of benzene rings is 2. The van der Waals surface area contributed by atoms with Crippen molar-refractivity contribution in [2.75, 3.05) is 19.0 Å². The van der Waals surface area contributed by atoms with Crippen LogP contribution < -0.4 is 10.1 Å². The Hall–Kier alpha value is -2.38. The molecular weight excluding hydrogens is 352 g/mol. The highest BCUT2D eigenvalue weighted by molar-refractivity contribution is 7.89. The van der Waals surface area contributed by atoms with E-state index in [1.54, 1.807) is 44.2 Å². The number of nitrogens with zero attached hydrogens (tertiary/aromatic N) is 1. The van der Waals surface area contributed by atoms with Crippen molar-refractivity contribution < 1.29 is 17.9 Å². The van der Waals surface area contributed by atoms with Crippen LogP contribution in [0.15, 0.2) is 53.4 Å². The second kappa shape index (κ2) is 8.33. The number of amides is 1. The molecule has 1 N–H and O–H groups in total. The molecule has 0 spiro atoms. The van der Waals surface area contributed by atoms with Crippen molar-refractivity contribution in [3.63, 3.8) is 0 Å². The fourth-order valence-corrected chi connectivity index (χ4v) is 3.70. The Morgan fingerprint density at radius 2 is 1.85 bits per heavy atom. The molecule has 2 aromatic rings. The van der Waals surface area contributed by atoms with Gasteiger partial charge in [-0.1, -0.05) is 18.2 Å². The molecule has 0 atom stereocenters. The maximum absolute atomic E-state index is 12.6. The molecule has 0 aliphatic heterocycles. The van der Waals surface area contributed by atoms with E-state index in [0.717, 1.165) is 0 Å². The van der Waals surface area contributed by atoms with Crippen LogP contribution in [0.4, 0.5) is 5.69 Å². The number of carbonyl (C=O) groups excluding carboxylic acids is 1. The first-order valence-electron chi connectivity index (χ1n) is 8.38. The van der Waals surface area contributed by atoms with Gasteiger partial charge in [0, 0.05) is 18.7 Å². The molecule has 2 rings (SSSR count). The Balaban J connectivity index is 2.29. The maximum Gasteiger partial charge on any atom is 0.255 e. The molecule has 0 saturated carbocycles. The SMILES string of the molecule is CCOc1ccccc1NC(=O)c1cccc(S(=O)(=O)N(C)C(C)C)c1. The van der Waals surface area contributed by atoms with Crippen molar-refractivity contribution in [1.29, 1.82) is 0 Å². The summed E-state index contributed by atoms with van der Waals surface area (Å²) in [6.07, 6.45) is 0. The minimum absolute atomic E-state index is 0.0828. The standard InChI is InChI=1S/C19H24N2O4S/c1-5-25-18-12-7-6-11-17(18)20-19(22)15-9-8-10-16(13-15)26(23,24)21(4)14(2)3/h6-14H,5H2,1-4H3,(H,20,22). The number of para-hydroxylation sites is 2. The third kappa shape index (κ3) is 4.42. The predicted octanol–water partition coefficient (Wildman–Crippen LogP) is 3.37. The molecule has 0 unspecified atom stereocenters. The Morgan fingerprint density at radius 3 is 2.50 bits per heavy atom. The van der Waals surface area contributed by atoms with E-state index in [1.165, 1.54) is 23.5 Å². The molecule has 0 aliphatic carbocycles. The second-order valence-electron chi connectivity index (χ2n) is 6.03. The van der Waals surface area contributed by atoms with E-state index in [9.17, 15) is 13.2 Å². The van der Waals surface area contributed by atoms with Gasteiger partial charge in [0.25, 0.3) is 5.91 Å². The molecule has 0 fully saturated rings. The summed E-state index contributed by atoms with van der Waals surface area (Å²) in [6, 6.07) is 12.9. The van der Waals surface area contributed by atoms with Crippen LogP contribution in [0.2, 0.25) is 0 Å². The molecule has 1 amide bonds.